The van der Waals surface area contributed by atoms with Crippen LogP contribution in [-0.4, -0.2) is 12.8 Å². The summed E-state index contributed by atoms with van der Waals surface area (Å²) in [6, 6.07) is 0. The van der Waals surface area contributed by atoms with Gasteiger partial charge in [0.2, 0.25) is 0 Å². The minimum atomic E-state index is 0.236. The van der Waals surface area contributed by atoms with Crippen LogP contribution in [0.3, 0.4) is 0 Å². The third-order valence-corrected chi connectivity index (χ3v) is 0.291. The maximum absolute atomic E-state index is 9.40. The molecular weight excluding hydrogens is 96.0 g/mol. The highest BCUT2D eigenvalue weighted by Gasteiger charge is 1.63. The van der Waals surface area contributed by atoms with Crippen molar-refractivity contribution in [3.63, 3.8) is 0 Å². The maximum Gasteiger partial charge on any atom is 0.297 e. The van der Waals surface area contributed by atoms with Crippen molar-refractivity contribution >= 4 is 12.8 Å². The summed E-state index contributed by atoms with van der Waals surface area (Å²) in [6.45, 7) is 0.236. The summed E-state index contributed by atoms with van der Waals surface area (Å²) in [5.74, 6) is 0. The van der Waals surface area contributed by atoms with Gasteiger partial charge in [0.05, 0.1) is 6.26 Å². The normalized spacial score (nSPS) is 8.57. The number of carbonyl (C=O) groups is 2. The van der Waals surface area contributed by atoms with Crippen molar-refractivity contribution in [1.29, 1.82) is 0 Å². The quantitative estimate of drug-likeness (QED) is 0.282. The number of ether oxygens (including phenoxy) is 1. The van der Waals surface area contributed by atoms with Crippen molar-refractivity contribution in [3.8, 4) is 0 Å². The molecule has 0 aliphatic carbocycles. The molecule has 0 radical (unpaired) electrons. The molecule has 3 nitrogen and oxygen atoms in total. The van der Waals surface area contributed by atoms with E-state index in [1.54, 1.807) is 0 Å². The van der Waals surface area contributed by atoms with Gasteiger partial charge in [-0.1, -0.05) is 0 Å². The molecule has 0 rings (SSSR count). The lowest BCUT2D eigenvalue weighted by molar-refractivity contribution is -0.123. The fourth-order valence-electron chi connectivity index (χ4n) is 0.110. The third-order valence-electron chi connectivity index (χ3n) is 0.291. The molecule has 0 aliphatic rings. The van der Waals surface area contributed by atoms with E-state index in [2.05, 4.69) is 4.74 Å². The molecule has 0 bridgehead atoms. The molecule has 0 aliphatic heterocycles. The fourth-order valence-corrected chi connectivity index (χ4v) is 0.110. The molecule has 7 heavy (non-hydrogen) atoms. The van der Waals surface area contributed by atoms with Gasteiger partial charge in [-0.3, -0.25) is 9.59 Å². The van der Waals surface area contributed by atoms with E-state index < -0.39 is 0 Å². The van der Waals surface area contributed by atoms with E-state index in [0.717, 1.165) is 12.3 Å². The lowest BCUT2D eigenvalue weighted by atomic mass is 10.7. The van der Waals surface area contributed by atoms with E-state index in [4.69, 9.17) is 0 Å². The second-order valence-corrected chi connectivity index (χ2v) is 0.697. The van der Waals surface area contributed by atoms with Gasteiger partial charge < -0.3 is 4.74 Å². The molecule has 0 fully saturated rings. The molecule has 0 unspecified atom stereocenters. The Bertz CT molecular complexity index is 84.9. The average Bonchev–Trinajstić information content (AvgIpc) is 1.69. The van der Waals surface area contributed by atoms with Crippen LogP contribution >= 0.6 is 0 Å². The molecule has 0 aromatic heterocycles. The number of hydrogen-bond acceptors (Lipinski definition) is 3. The monoisotopic (exact) mass is 100 g/mol. The van der Waals surface area contributed by atoms with Crippen LogP contribution in [0, 0.1) is 0 Å². The van der Waals surface area contributed by atoms with Crippen molar-refractivity contribution in [2.75, 3.05) is 0 Å². The zero-order chi connectivity index (χ0) is 5.54. The Morgan fingerprint density at radius 3 is 2.43 bits per heavy atom. The molecule has 38 valence electrons. The Morgan fingerprint density at radius 1 is 1.29 bits per heavy atom. The van der Waals surface area contributed by atoms with Crippen LogP contribution < -0.4 is 0 Å². The average molecular weight is 100 g/mol. The summed E-state index contributed by atoms with van der Waals surface area (Å²) in [4.78, 5) is 18.7. The van der Waals surface area contributed by atoms with Crippen molar-refractivity contribution < 1.29 is 14.3 Å². The molecule has 0 heterocycles. The largest absolute Gasteiger partial charge is 0.437 e. The highest BCUT2D eigenvalue weighted by Crippen LogP contribution is 1.64. The third kappa shape index (κ3) is 4.88. The van der Waals surface area contributed by atoms with E-state index in [1.807, 2.05) is 0 Å². The van der Waals surface area contributed by atoms with Gasteiger partial charge in [0.25, 0.3) is 6.47 Å². The van der Waals surface area contributed by atoms with E-state index in [1.165, 1.54) is 0 Å². The van der Waals surface area contributed by atoms with Crippen molar-refractivity contribution in [2.24, 2.45) is 0 Å². The second kappa shape index (κ2) is 4.88. The van der Waals surface area contributed by atoms with Crippen molar-refractivity contribution in [3.05, 3.63) is 12.3 Å². The van der Waals surface area contributed by atoms with Crippen LogP contribution in [-0.2, 0) is 14.3 Å². The first-order valence-electron chi connectivity index (χ1n) is 1.61. The molecular formula is C4H4O3. The topological polar surface area (TPSA) is 43.4 Å². The Morgan fingerprint density at radius 2 is 2.00 bits per heavy atom. The van der Waals surface area contributed by atoms with Gasteiger partial charge in [-0.15, -0.1) is 0 Å². The number of hydrogen-bond donors (Lipinski definition) is 0. The molecule has 0 aromatic carbocycles. The Kier molecular flexibility index (Phi) is 4.10. The summed E-state index contributed by atoms with van der Waals surface area (Å²) < 4.78 is 3.98. The Balaban J connectivity index is 3.08. The lowest BCUT2D eigenvalue weighted by Gasteiger charge is -1.74. The van der Waals surface area contributed by atoms with Crippen LogP contribution in [0.2, 0.25) is 0 Å². The zero-order valence-electron chi connectivity index (χ0n) is 3.53. The Labute approximate surface area is 40.6 Å². The number of aldehydes is 1. The highest BCUT2D eigenvalue weighted by molar-refractivity contribution is 5.64. The van der Waals surface area contributed by atoms with Crippen molar-refractivity contribution in [1.82, 2.24) is 0 Å². The number of carbonyl (C=O) groups excluding carboxylic acids is 2. The van der Waals surface area contributed by atoms with Gasteiger partial charge >= 0.3 is 0 Å². The van der Waals surface area contributed by atoms with Crippen LogP contribution in [0.5, 0.6) is 0 Å². The molecule has 0 spiro atoms. The molecule has 0 amide bonds. The minimum absolute atomic E-state index is 0.236. The smallest absolute Gasteiger partial charge is 0.297 e. The molecule has 0 aromatic rings. The van der Waals surface area contributed by atoms with Gasteiger partial charge in [-0.25, -0.2) is 0 Å². The molecule has 0 saturated heterocycles. The van der Waals surface area contributed by atoms with Gasteiger partial charge in [0.1, 0.15) is 6.29 Å². The SMILES string of the molecule is O=CC=COC=O. The predicted molar refractivity (Wildman–Crippen MR) is 22.4 cm³/mol. The number of allylic oxidation sites excluding steroid dienone is 1. The van der Waals surface area contributed by atoms with E-state index in [-0.39, 0.29) is 6.47 Å². The van der Waals surface area contributed by atoms with Crippen LogP contribution in [0.4, 0.5) is 0 Å². The second-order valence-electron chi connectivity index (χ2n) is 0.697. The fraction of sp³-hybridized carbons (Fsp3) is 0. The Hall–Kier alpha value is -1.12. The van der Waals surface area contributed by atoms with Crippen molar-refractivity contribution in [2.45, 2.75) is 0 Å². The summed E-state index contributed by atoms with van der Waals surface area (Å²) in [7, 11) is 0. The molecule has 0 saturated carbocycles. The van der Waals surface area contributed by atoms with Gasteiger partial charge in [0, 0.05) is 6.08 Å². The predicted octanol–water partition coefficient (Wildman–Crippen LogP) is -0.128. The van der Waals surface area contributed by atoms with E-state index >= 15 is 0 Å². The first kappa shape index (κ1) is 5.88. The van der Waals surface area contributed by atoms with Gasteiger partial charge in [0.15, 0.2) is 0 Å². The van der Waals surface area contributed by atoms with Gasteiger partial charge in [-0.05, 0) is 0 Å². The molecule has 0 N–H and O–H groups in total. The minimum Gasteiger partial charge on any atom is -0.437 e. The first-order valence-corrected chi connectivity index (χ1v) is 1.61. The zero-order valence-corrected chi connectivity index (χ0v) is 3.53. The number of rotatable bonds is 3. The van der Waals surface area contributed by atoms with Gasteiger partial charge in [-0.2, -0.15) is 0 Å². The molecule has 0 atom stereocenters. The maximum atomic E-state index is 9.40. The molecule has 3 heteroatoms. The van der Waals surface area contributed by atoms with E-state index in [0.29, 0.717) is 6.29 Å². The van der Waals surface area contributed by atoms with Crippen LogP contribution in [0.15, 0.2) is 12.3 Å². The first-order chi connectivity index (χ1) is 3.41. The highest BCUT2D eigenvalue weighted by atomic mass is 16.5. The summed E-state index contributed by atoms with van der Waals surface area (Å²) >= 11 is 0. The van der Waals surface area contributed by atoms with Crippen LogP contribution in [0.25, 0.3) is 0 Å². The summed E-state index contributed by atoms with van der Waals surface area (Å²) in [5, 5.41) is 0. The summed E-state index contributed by atoms with van der Waals surface area (Å²) in [6.07, 6.45) is 2.60. The lowest BCUT2D eigenvalue weighted by Crippen LogP contribution is -1.71. The van der Waals surface area contributed by atoms with Crippen LogP contribution in [0.1, 0.15) is 0 Å². The van der Waals surface area contributed by atoms with E-state index in [9.17, 15) is 9.59 Å². The standard InChI is InChI=1S/C4H4O3/c5-2-1-3-7-4-6/h1-4H. The summed E-state index contributed by atoms with van der Waals surface area (Å²) in [5.41, 5.74) is 0.